The number of urea groups is 1. The first-order chi connectivity index (χ1) is 13.7. The van der Waals surface area contributed by atoms with Gasteiger partial charge in [-0.2, -0.15) is 4.98 Å². The van der Waals surface area contributed by atoms with Crippen molar-refractivity contribution in [1.82, 2.24) is 20.4 Å². The summed E-state index contributed by atoms with van der Waals surface area (Å²) in [6.07, 6.45) is 0.749. The standard InChI is InChI=1S/C16H24N6O7/c17-8(3-5-11(18)23)13-20-14(29-21-13)9(4-6-12(24)25)19-16(28)22-7-1-2-10(22)15(26)27/h8-10H,1-7,17H2,(H2,18,23)(H,19,28)(H,24,25)(H,26,27)/t8-,9-,10?/m0/s1. The minimum absolute atomic E-state index is 0.0236. The molecule has 2 heterocycles. The van der Waals surface area contributed by atoms with Crippen LogP contribution in [0.5, 0.6) is 0 Å². The number of carboxylic acid groups (broad SMARTS) is 2. The van der Waals surface area contributed by atoms with Crippen LogP contribution in [0.4, 0.5) is 4.79 Å². The molecular weight excluding hydrogens is 388 g/mol. The van der Waals surface area contributed by atoms with Gasteiger partial charge in [0.15, 0.2) is 5.82 Å². The minimum atomic E-state index is -1.11. The van der Waals surface area contributed by atoms with Crippen LogP contribution in [0.25, 0.3) is 0 Å². The van der Waals surface area contributed by atoms with Crippen molar-refractivity contribution in [2.45, 2.75) is 56.7 Å². The topological polar surface area (TPSA) is 215 Å². The van der Waals surface area contributed by atoms with E-state index in [-0.39, 0.29) is 43.9 Å². The van der Waals surface area contributed by atoms with Gasteiger partial charge in [0.1, 0.15) is 12.1 Å². The van der Waals surface area contributed by atoms with Crippen molar-refractivity contribution < 1.29 is 33.9 Å². The fourth-order valence-electron chi connectivity index (χ4n) is 2.99. The molecule has 13 nitrogen and oxygen atoms in total. The molecule has 1 aliphatic rings. The van der Waals surface area contributed by atoms with E-state index in [1.165, 1.54) is 4.90 Å². The summed E-state index contributed by atoms with van der Waals surface area (Å²) in [6, 6.07) is -3.29. The number of aliphatic carboxylic acids is 2. The zero-order valence-electron chi connectivity index (χ0n) is 15.6. The minimum Gasteiger partial charge on any atom is -0.481 e. The van der Waals surface area contributed by atoms with Crippen molar-refractivity contribution in [2.24, 2.45) is 11.5 Å². The molecule has 0 radical (unpaired) electrons. The van der Waals surface area contributed by atoms with Gasteiger partial charge >= 0.3 is 18.0 Å². The van der Waals surface area contributed by atoms with Crippen LogP contribution in [0, 0.1) is 0 Å². The number of nitrogens with two attached hydrogens (primary N) is 2. The molecule has 1 aromatic heterocycles. The van der Waals surface area contributed by atoms with Crippen LogP contribution in [0.15, 0.2) is 4.52 Å². The van der Waals surface area contributed by atoms with E-state index in [0.717, 1.165) is 0 Å². The molecule has 160 valence electrons. The molecule has 0 aromatic carbocycles. The van der Waals surface area contributed by atoms with Crippen LogP contribution < -0.4 is 16.8 Å². The molecule has 13 heteroatoms. The molecule has 1 aromatic rings. The van der Waals surface area contributed by atoms with Gasteiger partial charge in [-0.25, -0.2) is 9.59 Å². The Balaban J connectivity index is 2.11. The van der Waals surface area contributed by atoms with E-state index in [0.29, 0.717) is 12.8 Å². The third-order valence-electron chi connectivity index (χ3n) is 4.53. The summed E-state index contributed by atoms with van der Waals surface area (Å²) < 4.78 is 5.13. The largest absolute Gasteiger partial charge is 0.481 e. The van der Waals surface area contributed by atoms with Gasteiger partial charge in [0, 0.05) is 19.4 Å². The van der Waals surface area contributed by atoms with Gasteiger partial charge in [0.2, 0.25) is 11.8 Å². The summed E-state index contributed by atoms with van der Waals surface area (Å²) in [7, 11) is 0. The number of carbonyl (C=O) groups is 4. The van der Waals surface area contributed by atoms with Gasteiger partial charge in [-0.15, -0.1) is 0 Å². The van der Waals surface area contributed by atoms with Crippen LogP contribution in [0.1, 0.15) is 62.3 Å². The second-order valence-electron chi connectivity index (χ2n) is 6.73. The number of likely N-dealkylation sites (tertiary alicyclic amines) is 1. The molecular formula is C16H24N6O7. The number of hydrogen-bond acceptors (Lipinski definition) is 8. The van der Waals surface area contributed by atoms with Gasteiger partial charge in [-0.1, -0.05) is 5.16 Å². The van der Waals surface area contributed by atoms with Gasteiger partial charge in [-0.3, -0.25) is 9.59 Å². The number of nitrogens with one attached hydrogen (secondary N) is 1. The number of carbonyl (C=O) groups excluding carboxylic acids is 2. The van der Waals surface area contributed by atoms with E-state index in [1.807, 2.05) is 0 Å². The zero-order valence-corrected chi connectivity index (χ0v) is 15.6. The Kier molecular flexibility index (Phi) is 7.47. The maximum atomic E-state index is 12.5. The smallest absolute Gasteiger partial charge is 0.326 e. The first-order valence-corrected chi connectivity index (χ1v) is 9.08. The second-order valence-corrected chi connectivity index (χ2v) is 6.73. The molecule has 1 fully saturated rings. The molecule has 0 spiro atoms. The van der Waals surface area contributed by atoms with Crippen molar-refractivity contribution in [1.29, 1.82) is 0 Å². The zero-order chi connectivity index (χ0) is 21.6. The van der Waals surface area contributed by atoms with E-state index in [4.69, 9.17) is 21.1 Å². The van der Waals surface area contributed by atoms with E-state index in [2.05, 4.69) is 15.5 Å². The van der Waals surface area contributed by atoms with Crippen LogP contribution in [0.2, 0.25) is 0 Å². The lowest BCUT2D eigenvalue weighted by Crippen LogP contribution is -2.47. The number of nitrogens with zero attached hydrogens (tertiary/aromatic N) is 3. The lowest BCUT2D eigenvalue weighted by molar-refractivity contribution is -0.141. The molecule has 3 atom stereocenters. The Bertz CT molecular complexity index is 767. The number of hydrogen-bond donors (Lipinski definition) is 5. The summed E-state index contributed by atoms with van der Waals surface area (Å²) in [5.74, 6) is -2.71. The maximum absolute atomic E-state index is 12.5. The average molecular weight is 412 g/mol. The molecule has 1 unspecified atom stereocenters. The van der Waals surface area contributed by atoms with Crippen molar-refractivity contribution in [2.75, 3.05) is 6.54 Å². The third-order valence-corrected chi connectivity index (χ3v) is 4.53. The van der Waals surface area contributed by atoms with Crippen LogP contribution in [-0.2, 0) is 14.4 Å². The highest BCUT2D eigenvalue weighted by atomic mass is 16.5. The van der Waals surface area contributed by atoms with Gasteiger partial charge in [0.25, 0.3) is 0 Å². The summed E-state index contributed by atoms with van der Waals surface area (Å²) in [5, 5.41) is 24.5. The number of amides is 3. The number of carboxylic acids is 2. The van der Waals surface area contributed by atoms with Gasteiger partial charge < -0.3 is 36.4 Å². The van der Waals surface area contributed by atoms with Gasteiger partial charge in [0.05, 0.1) is 6.04 Å². The fraction of sp³-hybridized carbons (Fsp3) is 0.625. The second kappa shape index (κ2) is 9.82. The van der Waals surface area contributed by atoms with Crippen LogP contribution in [0.3, 0.4) is 0 Å². The first kappa shape index (κ1) is 22.1. The number of rotatable bonds is 10. The monoisotopic (exact) mass is 412 g/mol. The fourth-order valence-corrected chi connectivity index (χ4v) is 2.99. The molecule has 0 aliphatic carbocycles. The molecule has 1 aliphatic heterocycles. The molecule has 0 saturated carbocycles. The summed E-state index contributed by atoms with van der Waals surface area (Å²) in [6.45, 7) is 0.265. The third kappa shape index (κ3) is 6.14. The van der Waals surface area contributed by atoms with Crippen molar-refractivity contribution in [3.05, 3.63) is 11.7 Å². The van der Waals surface area contributed by atoms with Crippen molar-refractivity contribution >= 4 is 23.9 Å². The number of primary amides is 1. The molecule has 1 saturated heterocycles. The SMILES string of the molecule is NC(=O)CC[C@H](N)c1noc([C@H](CCC(=O)O)NC(=O)N2CCCC2C(=O)O)n1. The van der Waals surface area contributed by atoms with Crippen LogP contribution >= 0.6 is 0 Å². The highest BCUT2D eigenvalue weighted by Crippen LogP contribution is 2.23. The lowest BCUT2D eigenvalue weighted by atomic mass is 10.1. The van der Waals surface area contributed by atoms with Crippen LogP contribution in [-0.4, -0.2) is 61.7 Å². The molecule has 7 N–H and O–H groups in total. The average Bonchev–Trinajstić information content (AvgIpc) is 3.32. The number of aromatic nitrogens is 2. The highest BCUT2D eigenvalue weighted by molar-refractivity contribution is 5.83. The summed E-state index contributed by atoms with van der Waals surface area (Å²) >= 11 is 0. The summed E-state index contributed by atoms with van der Waals surface area (Å²) in [5.41, 5.74) is 11.0. The predicted octanol–water partition coefficient (Wildman–Crippen LogP) is -0.501. The Hall–Kier alpha value is -3.22. The highest BCUT2D eigenvalue weighted by Gasteiger charge is 2.35. The quantitative estimate of drug-likeness (QED) is 0.332. The first-order valence-electron chi connectivity index (χ1n) is 9.08. The molecule has 29 heavy (non-hydrogen) atoms. The Morgan fingerprint density at radius 3 is 2.59 bits per heavy atom. The van der Waals surface area contributed by atoms with E-state index in [9.17, 15) is 24.3 Å². The van der Waals surface area contributed by atoms with Crippen molar-refractivity contribution in [3.63, 3.8) is 0 Å². The predicted molar refractivity (Wildman–Crippen MR) is 95.2 cm³/mol. The Labute approximate surface area is 165 Å². The van der Waals surface area contributed by atoms with Crippen molar-refractivity contribution in [3.8, 4) is 0 Å². The van der Waals surface area contributed by atoms with Gasteiger partial charge in [-0.05, 0) is 25.7 Å². The molecule has 3 amide bonds. The van der Waals surface area contributed by atoms with E-state index < -0.39 is 42.0 Å². The molecule has 2 rings (SSSR count). The lowest BCUT2D eigenvalue weighted by Gasteiger charge is -2.24. The molecule has 0 bridgehead atoms. The van der Waals surface area contributed by atoms with E-state index in [1.54, 1.807) is 0 Å². The van der Waals surface area contributed by atoms with E-state index >= 15 is 0 Å². The Morgan fingerprint density at radius 1 is 1.24 bits per heavy atom. The summed E-state index contributed by atoms with van der Waals surface area (Å²) in [4.78, 5) is 50.9. The normalized spacial score (nSPS) is 18.2. The Morgan fingerprint density at radius 2 is 1.97 bits per heavy atom. The maximum Gasteiger partial charge on any atom is 0.326 e.